The molecule has 124 valence electrons. The van der Waals surface area contributed by atoms with Crippen LogP contribution in [0.3, 0.4) is 0 Å². The molecule has 7 heteroatoms. The highest BCUT2D eigenvalue weighted by Crippen LogP contribution is 2.36. The summed E-state index contributed by atoms with van der Waals surface area (Å²) in [5.74, 6) is -0.500. The van der Waals surface area contributed by atoms with Gasteiger partial charge in [0, 0.05) is 32.4 Å². The van der Waals surface area contributed by atoms with Crippen molar-refractivity contribution in [1.29, 1.82) is 0 Å². The van der Waals surface area contributed by atoms with Crippen molar-refractivity contribution in [3.8, 4) is 0 Å². The zero-order valence-corrected chi connectivity index (χ0v) is 14.7. The summed E-state index contributed by atoms with van der Waals surface area (Å²) in [5, 5.41) is 1.17. The number of carbonyl (C=O) groups excluding carboxylic acids is 1. The van der Waals surface area contributed by atoms with E-state index >= 15 is 0 Å². The highest BCUT2D eigenvalue weighted by atomic mass is 32.2. The van der Waals surface area contributed by atoms with E-state index in [1.165, 1.54) is 15.8 Å². The minimum Gasteiger partial charge on any atom is -0.368 e. The smallest absolute Gasteiger partial charge is 0.245 e. The van der Waals surface area contributed by atoms with E-state index in [1.54, 1.807) is 23.1 Å². The van der Waals surface area contributed by atoms with E-state index in [9.17, 15) is 4.79 Å². The summed E-state index contributed by atoms with van der Waals surface area (Å²) in [5.41, 5.74) is 9.02. The summed E-state index contributed by atoms with van der Waals surface area (Å²) >= 11 is 3.35. The van der Waals surface area contributed by atoms with Gasteiger partial charge in [-0.3, -0.25) is 14.6 Å². The van der Waals surface area contributed by atoms with Crippen molar-refractivity contribution in [3.05, 3.63) is 53.2 Å². The van der Waals surface area contributed by atoms with Gasteiger partial charge in [0.15, 0.2) is 0 Å². The number of aromatic nitrogens is 1. The van der Waals surface area contributed by atoms with E-state index in [1.807, 2.05) is 12.4 Å². The first-order valence-corrected chi connectivity index (χ1v) is 8.99. The molecule has 0 saturated carbocycles. The van der Waals surface area contributed by atoms with Gasteiger partial charge in [-0.1, -0.05) is 29.5 Å². The highest BCUT2D eigenvalue weighted by Gasteiger charge is 2.08. The number of thiophene rings is 1. The van der Waals surface area contributed by atoms with E-state index in [2.05, 4.69) is 47.7 Å². The van der Waals surface area contributed by atoms with Gasteiger partial charge in [0.1, 0.15) is 6.61 Å². The Labute approximate surface area is 148 Å². The van der Waals surface area contributed by atoms with E-state index in [4.69, 9.17) is 10.6 Å². The average Bonchev–Trinajstić information content (AvgIpc) is 2.98. The normalized spacial score (nSPS) is 11.0. The number of benzene rings is 1. The van der Waals surface area contributed by atoms with Crippen molar-refractivity contribution in [3.63, 3.8) is 0 Å². The summed E-state index contributed by atoms with van der Waals surface area (Å²) in [6.07, 6.45) is 3.76. The Balaban J connectivity index is 1.74. The SMILES string of the molecule is Cc1ccc(Sc2cncc3sc(CNOCC(N)=O)cc23)cc1. The second-order valence-electron chi connectivity index (χ2n) is 5.25. The van der Waals surface area contributed by atoms with Gasteiger partial charge in [-0.2, -0.15) is 5.48 Å². The predicted molar refractivity (Wildman–Crippen MR) is 96.9 cm³/mol. The van der Waals surface area contributed by atoms with Gasteiger partial charge in [-0.25, -0.2) is 0 Å². The van der Waals surface area contributed by atoms with Crippen LogP contribution in [0.2, 0.25) is 0 Å². The lowest BCUT2D eigenvalue weighted by molar-refractivity contribution is -0.125. The van der Waals surface area contributed by atoms with Crippen LogP contribution in [0.1, 0.15) is 10.4 Å². The summed E-state index contributed by atoms with van der Waals surface area (Å²) < 4.78 is 1.12. The quantitative estimate of drug-likeness (QED) is 0.500. The molecular formula is C17H17N3O2S2. The Morgan fingerprint density at radius 1 is 1.33 bits per heavy atom. The van der Waals surface area contributed by atoms with Gasteiger partial charge in [-0.15, -0.1) is 11.3 Å². The van der Waals surface area contributed by atoms with Crippen molar-refractivity contribution < 1.29 is 9.63 Å². The predicted octanol–water partition coefficient (Wildman–Crippen LogP) is 3.26. The number of amides is 1. The molecule has 3 rings (SSSR count). The molecule has 2 heterocycles. The zero-order valence-electron chi connectivity index (χ0n) is 13.1. The number of hydrogen-bond donors (Lipinski definition) is 2. The average molecular weight is 359 g/mol. The molecule has 3 N–H and O–H groups in total. The fourth-order valence-electron chi connectivity index (χ4n) is 2.13. The largest absolute Gasteiger partial charge is 0.368 e. The Bertz CT molecular complexity index is 847. The number of rotatable bonds is 7. The lowest BCUT2D eigenvalue weighted by Crippen LogP contribution is -2.24. The molecule has 0 spiro atoms. The molecule has 0 bridgehead atoms. The molecule has 0 radical (unpaired) electrons. The molecule has 1 aromatic carbocycles. The van der Waals surface area contributed by atoms with E-state index in [0.29, 0.717) is 6.54 Å². The second-order valence-corrected chi connectivity index (χ2v) is 7.54. The first kappa shape index (κ1) is 16.9. The Morgan fingerprint density at radius 3 is 2.88 bits per heavy atom. The van der Waals surface area contributed by atoms with Crippen molar-refractivity contribution in [2.45, 2.75) is 23.3 Å². The summed E-state index contributed by atoms with van der Waals surface area (Å²) in [6, 6.07) is 10.6. The molecule has 3 aromatic rings. The lowest BCUT2D eigenvalue weighted by atomic mass is 10.2. The Morgan fingerprint density at radius 2 is 2.12 bits per heavy atom. The molecule has 0 unspecified atom stereocenters. The maximum absolute atomic E-state index is 10.6. The maximum atomic E-state index is 10.6. The number of nitrogens with one attached hydrogen (secondary N) is 1. The van der Waals surface area contributed by atoms with Crippen LogP contribution >= 0.6 is 23.1 Å². The van der Waals surface area contributed by atoms with E-state index in [-0.39, 0.29) is 6.61 Å². The first-order valence-electron chi connectivity index (χ1n) is 7.36. The molecule has 0 aliphatic carbocycles. The number of nitrogens with two attached hydrogens (primary N) is 1. The van der Waals surface area contributed by atoms with Gasteiger partial charge in [0.05, 0.1) is 11.2 Å². The van der Waals surface area contributed by atoms with Crippen molar-refractivity contribution in [2.75, 3.05) is 6.61 Å². The van der Waals surface area contributed by atoms with Crippen molar-refractivity contribution >= 4 is 39.1 Å². The van der Waals surface area contributed by atoms with Crippen molar-refractivity contribution in [2.24, 2.45) is 5.73 Å². The third kappa shape index (κ3) is 4.33. The lowest BCUT2D eigenvalue weighted by Gasteiger charge is -2.03. The molecule has 0 aliphatic rings. The highest BCUT2D eigenvalue weighted by molar-refractivity contribution is 7.99. The van der Waals surface area contributed by atoms with Crippen LogP contribution in [0.5, 0.6) is 0 Å². The summed E-state index contributed by atoms with van der Waals surface area (Å²) in [6.45, 7) is 2.46. The standard InChI is InChI=1S/C17H17N3O2S2/c1-11-2-4-12(5-3-11)23-15-8-19-9-16-14(15)6-13(24-16)7-20-22-10-17(18)21/h2-6,8-9,20H,7,10H2,1H3,(H2,18,21). The number of nitrogens with zero attached hydrogens (tertiary/aromatic N) is 1. The number of hydroxylamine groups is 1. The van der Waals surface area contributed by atoms with E-state index < -0.39 is 5.91 Å². The van der Waals surface area contributed by atoms with Gasteiger partial charge in [-0.05, 0) is 25.1 Å². The minimum absolute atomic E-state index is 0.138. The number of pyridine rings is 1. The Hall–Kier alpha value is -1.93. The third-order valence-electron chi connectivity index (χ3n) is 3.27. The van der Waals surface area contributed by atoms with Crippen LogP contribution in [0, 0.1) is 6.92 Å². The van der Waals surface area contributed by atoms with Crippen LogP contribution < -0.4 is 11.2 Å². The van der Waals surface area contributed by atoms with Gasteiger partial charge < -0.3 is 5.73 Å². The number of aryl methyl sites for hydroxylation is 1. The van der Waals surface area contributed by atoms with Gasteiger partial charge in [0.2, 0.25) is 5.91 Å². The third-order valence-corrected chi connectivity index (χ3v) is 5.40. The van der Waals surface area contributed by atoms with Crippen LogP contribution in [-0.2, 0) is 16.2 Å². The summed E-state index contributed by atoms with van der Waals surface area (Å²) in [7, 11) is 0. The number of hydrogen-bond acceptors (Lipinski definition) is 6. The topological polar surface area (TPSA) is 77.2 Å². The molecular weight excluding hydrogens is 342 g/mol. The summed E-state index contributed by atoms with van der Waals surface area (Å²) in [4.78, 5) is 23.4. The van der Waals surface area contributed by atoms with Gasteiger partial charge >= 0.3 is 0 Å². The molecule has 0 atom stereocenters. The van der Waals surface area contributed by atoms with Crippen LogP contribution in [0.15, 0.2) is 52.5 Å². The second kappa shape index (κ2) is 7.76. The number of carbonyl (C=O) groups is 1. The van der Waals surface area contributed by atoms with E-state index in [0.717, 1.165) is 14.5 Å². The molecule has 0 aliphatic heterocycles. The fourth-order valence-corrected chi connectivity index (χ4v) is 4.10. The van der Waals surface area contributed by atoms with Crippen LogP contribution in [0.4, 0.5) is 0 Å². The molecule has 1 amide bonds. The first-order chi connectivity index (χ1) is 11.6. The maximum Gasteiger partial charge on any atom is 0.245 e. The van der Waals surface area contributed by atoms with Crippen LogP contribution in [0.25, 0.3) is 10.1 Å². The van der Waals surface area contributed by atoms with Crippen molar-refractivity contribution in [1.82, 2.24) is 10.5 Å². The fraction of sp³-hybridized carbons (Fsp3) is 0.176. The molecule has 5 nitrogen and oxygen atoms in total. The minimum atomic E-state index is -0.500. The molecule has 24 heavy (non-hydrogen) atoms. The zero-order chi connectivity index (χ0) is 16.9. The molecule has 0 fully saturated rings. The van der Waals surface area contributed by atoms with Gasteiger partial charge in [0.25, 0.3) is 0 Å². The molecule has 0 saturated heterocycles. The monoisotopic (exact) mass is 359 g/mol. The van der Waals surface area contributed by atoms with Crippen LogP contribution in [-0.4, -0.2) is 17.5 Å². The number of primary amides is 1. The molecule has 2 aromatic heterocycles. The number of fused-ring (bicyclic) bond motifs is 1. The Kier molecular flexibility index (Phi) is 5.47.